The summed E-state index contributed by atoms with van der Waals surface area (Å²) in [5.74, 6) is 1.43. The molecule has 136 valence electrons. The van der Waals surface area contributed by atoms with Crippen LogP contribution in [0.25, 0.3) is 0 Å². The van der Waals surface area contributed by atoms with Crippen molar-refractivity contribution in [3.05, 3.63) is 56.5 Å². The van der Waals surface area contributed by atoms with E-state index in [1.54, 1.807) is 26.4 Å². The molecule has 2 amide bonds. The van der Waals surface area contributed by atoms with Crippen LogP contribution in [0.4, 0.5) is 4.79 Å². The molecule has 0 aliphatic heterocycles. The normalized spacial score (nSPS) is 10.9. The molecule has 0 atom stereocenters. The number of benzene rings is 2. The summed E-state index contributed by atoms with van der Waals surface area (Å²) in [5.41, 5.74) is 6.24. The lowest BCUT2D eigenvalue weighted by atomic mass is 10.2. The summed E-state index contributed by atoms with van der Waals surface area (Å²) in [5, 5.41) is 7.71. The van der Waals surface area contributed by atoms with Gasteiger partial charge in [-0.25, -0.2) is 15.6 Å². The number of hydrogen-bond acceptors (Lipinski definition) is 5. The van der Waals surface area contributed by atoms with Crippen LogP contribution in [0.5, 0.6) is 11.5 Å². The molecule has 0 bridgehead atoms. The molecule has 2 rings (SSSR count). The second-order valence-electron chi connectivity index (χ2n) is 4.86. The zero-order valence-electron chi connectivity index (χ0n) is 14.0. The lowest BCUT2D eigenvalue weighted by Gasteiger charge is -2.03. The Kier molecular flexibility index (Phi) is 7.61. The molecule has 0 fully saturated rings. The minimum absolute atomic E-state index is 0.558. The second kappa shape index (κ2) is 9.93. The van der Waals surface area contributed by atoms with Gasteiger partial charge >= 0.3 is 6.03 Å². The van der Waals surface area contributed by atoms with E-state index in [2.05, 4.69) is 52.9 Å². The molecule has 0 aliphatic rings. The largest absolute Gasteiger partial charge is 0.496 e. The lowest BCUT2D eigenvalue weighted by Crippen LogP contribution is -2.28. The average molecular weight is 484 g/mol. The summed E-state index contributed by atoms with van der Waals surface area (Å²) < 4.78 is 11.9. The molecule has 2 aromatic carbocycles. The van der Waals surface area contributed by atoms with Crippen LogP contribution in [-0.2, 0) is 0 Å². The Hall–Kier alpha value is -2.39. The molecule has 7 nitrogen and oxygen atoms in total. The number of nitrogens with one attached hydrogen (secondary N) is 2. The Balaban J connectivity index is 1.85. The van der Waals surface area contributed by atoms with E-state index in [1.807, 2.05) is 24.3 Å². The third kappa shape index (κ3) is 5.85. The quantitative estimate of drug-likeness (QED) is 0.482. The molecule has 0 saturated carbocycles. The van der Waals surface area contributed by atoms with Crippen LogP contribution in [0.2, 0.25) is 0 Å². The van der Waals surface area contributed by atoms with Gasteiger partial charge in [-0.3, -0.25) is 0 Å². The summed E-state index contributed by atoms with van der Waals surface area (Å²) >= 11 is 6.76. The first-order chi connectivity index (χ1) is 12.5. The maximum atomic E-state index is 11.6. The van der Waals surface area contributed by atoms with Crippen molar-refractivity contribution in [3.63, 3.8) is 0 Å². The number of carbonyl (C=O) groups is 1. The van der Waals surface area contributed by atoms with Crippen LogP contribution in [-0.4, -0.2) is 32.7 Å². The van der Waals surface area contributed by atoms with Gasteiger partial charge in [0.05, 0.1) is 35.6 Å². The van der Waals surface area contributed by atoms with Gasteiger partial charge in [0.2, 0.25) is 0 Å². The van der Waals surface area contributed by atoms with E-state index in [9.17, 15) is 4.79 Å². The minimum atomic E-state index is -0.558. The highest BCUT2D eigenvalue weighted by Crippen LogP contribution is 2.25. The van der Waals surface area contributed by atoms with Crippen LogP contribution in [0.1, 0.15) is 11.1 Å². The Morgan fingerprint density at radius 3 is 1.65 bits per heavy atom. The van der Waals surface area contributed by atoms with Crippen molar-refractivity contribution >= 4 is 50.3 Å². The number of carbonyl (C=O) groups excluding carboxylic acids is 1. The molecule has 0 radical (unpaired) electrons. The fraction of sp³-hybridized carbons (Fsp3) is 0.118. The van der Waals surface area contributed by atoms with Crippen molar-refractivity contribution in [2.45, 2.75) is 0 Å². The number of hydrogen-bond donors (Lipinski definition) is 2. The van der Waals surface area contributed by atoms with Crippen molar-refractivity contribution < 1.29 is 14.3 Å². The van der Waals surface area contributed by atoms with E-state index >= 15 is 0 Å². The molecule has 0 spiro atoms. The van der Waals surface area contributed by atoms with Crippen LogP contribution in [0, 0.1) is 0 Å². The molecular formula is C17H16Br2N4O3. The molecule has 0 unspecified atom stereocenters. The van der Waals surface area contributed by atoms with E-state index < -0.39 is 6.03 Å². The molecule has 26 heavy (non-hydrogen) atoms. The van der Waals surface area contributed by atoms with Crippen molar-refractivity contribution in [1.29, 1.82) is 0 Å². The third-order valence-electron chi connectivity index (χ3n) is 3.11. The molecular weight excluding hydrogens is 468 g/mol. The maximum Gasteiger partial charge on any atom is 0.355 e. The van der Waals surface area contributed by atoms with Crippen molar-refractivity contribution in [2.75, 3.05) is 14.2 Å². The summed E-state index contributed by atoms with van der Waals surface area (Å²) in [6.45, 7) is 0. The van der Waals surface area contributed by atoms with Gasteiger partial charge in [-0.2, -0.15) is 10.2 Å². The zero-order chi connectivity index (χ0) is 18.9. The SMILES string of the molecule is COc1ccc(/C=N/NC(=O)N/N=C/c2ccc(OC)c(Br)c2)cc1Br. The van der Waals surface area contributed by atoms with Crippen molar-refractivity contribution in [2.24, 2.45) is 10.2 Å². The summed E-state index contributed by atoms with van der Waals surface area (Å²) in [6, 6.07) is 10.3. The highest BCUT2D eigenvalue weighted by molar-refractivity contribution is 9.10. The molecule has 9 heteroatoms. The van der Waals surface area contributed by atoms with Gasteiger partial charge in [-0.15, -0.1) is 0 Å². The maximum absolute atomic E-state index is 11.6. The highest BCUT2D eigenvalue weighted by atomic mass is 79.9. The van der Waals surface area contributed by atoms with Gasteiger partial charge in [-0.1, -0.05) is 0 Å². The van der Waals surface area contributed by atoms with Crippen molar-refractivity contribution in [1.82, 2.24) is 10.9 Å². The number of amides is 2. The number of rotatable bonds is 6. The number of halogens is 2. The van der Waals surface area contributed by atoms with E-state index in [0.29, 0.717) is 11.5 Å². The van der Waals surface area contributed by atoms with E-state index in [-0.39, 0.29) is 0 Å². The number of methoxy groups -OCH3 is 2. The lowest BCUT2D eigenvalue weighted by molar-refractivity contribution is 0.242. The van der Waals surface area contributed by atoms with Crippen LogP contribution >= 0.6 is 31.9 Å². The monoisotopic (exact) mass is 482 g/mol. The van der Waals surface area contributed by atoms with Crippen LogP contribution in [0.15, 0.2) is 55.5 Å². The Morgan fingerprint density at radius 1 is 0.885 bits per heavy atom. The molecule has 0 saturated heterocycles. The smallest absolute Gasteiger partial charge is 0.355 e. The molecule has 0 aromatic heterocycles. The summed E-state index contributed by atoms with van der Waals surface area (Å²) in [6.07, 6.45) is 3.02. The van der Waals surface area contributed by atoms with Gasteiger partial charge in [-0.05, 0) is 79.4 Å². The predicted octanol–water partition coefficient (Wildman–Crippen LogP) is 3.90. The fourth-order valence-electron chi connectivity index (χ4n) is 1.88. The number of hydrazone groups is 2. The second-order valence-corrected chi connectivity index (χ2v) is 6.57. The van der Waals surface area contributed by atoms with Crippen molar-refractivity contribution in [3.8, 4) is 11.5 Å². The molecule has 2 aromatic rings. The standard InChI is InChI=1S/C17H16Br2N4O3/c1-25-15-5-3-11(7-13(15)18)9-20-22-17(24)23-21-10-12-4-6-16(26-2)14(19)8-12/h3-10H,1-2H3,(H2,22,23,24)/b20-9+,21-10+. The molecule has 0 aliphatic carbocycles. The first-order valence-electron chi connectivity index (χ1n) is 7.32. The Labute approximate surface area is 167 Å². The minimum Gasteiger partial charge on any atom is -0.496 e. The van der Waals surface area contributed by atoms with Gasteiger partial charge in [0.1, 0.15) is 11.5 Å². The third-order valence-corrected chi connectivity index (χ3v) is 4.35. The fourth-order valence-corrected chi connectivity index (χ4v) is 3.00. The number of ether oxygens (including phenoxy) is 2. The van der Waals surface area contributed by atoms with Gasteiger partial charge < -0.3 is 9.47 Å². The number of nitrogens with zero attached hydrogens (tertiary/aromatic N) is 2. The predicted molar refractivity (Wildman–Crippen MR) is 108 cm³/mol. The first kappa shape index (κ1) is 19.9. The average Bonchev–Trinajstić information content (AvgIpc) is 2.62. The van der Waals surface area contributed by atoms with Gasteiger partial charge in [0, 0.05) is 0 Å². The van der Waals surface area contributed by atoms with E-state index in [0.717, 1.165) is 20.1 Å². The Morgan fingerprint density at radius 2 is 1.31 bits per heavy atom. The van der Waals surface area contributed by atoms with Gasteiger partial charge in [0.15, 0.2) is 0 Å². The summed E-state index contributed by atoms with van der Waals surface area (Å²) in [7, 11) is 3.18. The first-order valence-corrected chi connectivity index (χ1v) is 8.91. The number of urea groups is 1. The van der Waals surface area contributed by atoms with Gasteiger partial charge in [0.25, 0.3) is 0 Å². The van der Waals surface area contributed by atoms with E-state index in [1.165, 1.54) is 12.4 Å². The Bertz CT molecular complexity index is 773. The summed E-state index contributed by atoms with van der Waals surface area (Å²) in [4.78, 5) is 11.6. The molecule has 2 N–H and O–H groups in total. The zero-order valence-corrected chi connectivity index (χ0v) is 17.2. The highest BCUT2D eigenvalue weighted by Gasteiger charge is 2.01. The van der Waals surface area contributed by atoms with Crippen LogP contribution in [0.3, 0.4) is 0 Å². The topological polar surface area (TPSA) is 84.3 Å². The molecule has 0 heterocycles. The van der Waals surface area contributed by atoms with E-state index in [4.69, 9.17) is 9.47 Å². The van der Waals surface area contributed by atoms with Crippen LogP contribution < -0.4 is 20.3 Å².